The molecule has 0 bridgehead atoms. The van der Waals surface area contributed by atoms with E-state index >= 15 is 0 Å². The number of ether oxygens (including phenoxy) is 2. The second kappa shape index (κ2) is 18.3. The van der Waals surface area contributed by atoms with E-state index in [1.807, 2.05) is 24.8 Å². The largest absolute Gasteiger partial charge is 0.495 e. The minimum Gasteiger partial charge on any atom is -0.457 e. The van der Waals surface area contributed by atoms with Crippen LogP contribution in [0.1, 0.15) is 98.5 Å². The molecule has 0 amide bonds. The van der Waals surface area contributed by atoms with E-state index in [2.05, 4.69) is 261 Å². The van der Waals surface area contributed by atoms with Crippen molar-refractivity contribution in [2.24, 2.45) is 0 Å². The lowest BCUT2D eigenvalue weighted by molar-refractivity contribution is -0.0148. The summed E-state index contributed by atoms with van der Waals surface area (Å²) in [7, 11) is -1.32. The van der Waals surface area contributed by atoms with Gasteiger partial charge in [-0.25, -0.2) is 0 Å². The number of rotatable bonds is 5. The van der Waals surface area contributed by atoms with Gasteiger partial charge >= 0.3 is 14.2 Å². The van der Waals surface area contributed by atoms with Gasteiger partial charge in [0.2, 0.25) is 0 Å². The van der Waals surface area contributed by atoms with Gasteiger partial charge in [0.05, 0.1) is 27.6 Å². The van der Waals surface area contributed by atoms with Crippen LogP contribution in [0.2, 0.25) is 0 Å². The first-order chi connectivity index (χ1) is 43.2. The normalized spacial score (nSPS) is 20.3. The third kappa shape index (κ3) is 7.06. The van der Waals surface area contributed by atoms with Crippen molar-refractivity contribution in [2.75, 3.05) is 0 Å². The van der Waals surface area contributed by atoms with Crippen molar-refractivity contribution in [3.63, 3.8) is 0 Å². The van der Waals surface area contributed by atoms with Gasteiger partial charge in [0, 0.05) is 74.5 Å². The Morgan fingerprint density at radius 2 is 0.697 bits per heavy atom. The van der Waals surface area contributed by atoms with Gasteiger partial charge in [-0.2, -0.15) is 0 Å². The number of aromatic nitrogens is 2. The second-order valence-corrected chi connectivity index (χ2v) is 26.5. The maximum absolute atomic E-state index is 7.66. The van der Waals surface area contributed by atoms with Crippen LogP contribution in [0.15, 0.2) is 237 Å². The van der Waals surface area contributed by atoms with Crippen LogP contribution in [0.4, 0.5) is 0 Å². The number of benzene rings is 10. The Balaban J connectivity index is 0.801. The predicted octanol–water partition coefficient (Wildman–Crippen LogP) is 16.8. The minimum absolute atomic E-state index is 0.519. The summed E-state index contributed by atoms with van der Waals surface area (Å²) >= 11 is 0. The fourth-order valence-electron chi connectivity index (χ4n) is 15.9. The Hall–Kier alpha value is -9.41. The summed E-state index contributed by atoms with van der Waals surface area (Å²) in [4.78, 5) is 9.50. The van der Waals surface area contributed by atoms with Crippen LogP contribution in [-0.4, -0.2) is 41.0 Å². The van der Waals surface area contributed by atoms with Gasteiger partial charge in [-0.3, -0.25) is 9.97 Å². The summed E-state index contributed by atoms with van der Waals surface area (Å²) in [6.45, 7) is 14.9. The van der Waals surface area contributed by atoms with Crippen LogP contribution in [0.25, 0.3) is 66.1 Å². The first-order valence-corrected chi connectivity index (χ1v) is 30.9. The molecule has 89 heavy (non-hydrogen) atoms. The molecule has 0 radical (unpaired) electrons. The van der Waals surface area contributed by atoms with E-state index in [-0.39, 0.29) is 0 Å². The SMILES string of the molecule is CC1(C)OB(c2ccc3c(c2)-c2cc(-c4cncc5ccccc45)ccc2C32c3ccccc3Oc3c2cccc3C2(C)OB(c3ccc4c(c3)-c3cc(-c5cncc6ccccc56)ccc3C43c4ccccc4Oc4ccccc43)OC2(C)C)OC1(C)C. The fourth-order valence-corrected chi connectivity index (χ4v) is 15.9. The molecular weight excluding hydrogens is 1090 g/mol. The van der Waals surface area contributed by atoms with Crippen LogP contribution in [-0.2, 0) is 35.0 Å². The molecule has 8 nitrogen and oxygen atoms in total. The van der Waals surface area contributed by atoms with Crippen LogP contribution < -0.4 is 20.4 Å². The van der Waals surface area contributed by atoms with Crippen molar-refractivity contribution in [3.8, 4) is 67.5 Å². The van der Waals surface area contributed by atoms with Crippen LogP contribution >= 0.6 is 0 Å². The number of para-hydroxylation sites is 4. The van der Waals surface area contributed by atoms with E-state index in [9.17, 15) is 0 Å². The lowest BCUT2D eigenvalue weighted by Gasteiger charge is -2.43. The third-order valence-electron chi connectivity index (χ3n) is 21.2. The predicted molar refractivity (Wildman–Crippen MR) is 354 cm³/mol. The van der Waals surface area contributed by atoms with Gasteiger partial charge in [0.15, 0.2) is 0 Å². The molecule has 2 fully saturated rings. The summed E-state index contributed by atoms with van der Waals surface area (Å²) in [6, 6.07) is 76.7. The molecule has 0 saturated carbocycles. The number of fused-ring (bicyclic) bond motifs is 20. The average molecular weight is 1150 g/mol. The molecule has 2 aromatic heterocycles. The highest BCUT2D eigenvalue weighted by Crippen LogP contribution is 2.66. The van der Waals surface area contributed by atoms with Crippen LogP contribution in [0, 0.1) is 0 Å². The zero-order valence-corrected chi connectivity index (χ0v) is 50.5. The Bertz CT molecular complexity index is 4980. The summed E-state index contributed by atoms with van der Waals surface area (Å²) in [5.41, 5.74) is 16.0. The average Bonchev–Trinajstić information content (AvgIpc) is 1.58. The molecule has 6 aliphatic rings. The molecule has 18 rings (SSSR count). The van der Waals surface area contributed by atoms with Crippen molar-refractivity contribution in [1.82, 2.24) is 9.97 Å². The number of hydrogen-bond acceptors (Lipinski definition) is 8. The molecule has 2 spiro atoms. The molecular formula is C79H60B2N2O6. The maximum atomic E-state index is 7.66. The zero-order valence-electron chi connectivity index (χ0n) is 50.5. The van der Waals surface area contributed by atoms with Crippen LogP contribution in [0.3, 0.4) is 0 Å². The first-order valence-electron chi connectivity index (χ1n) is 30.9. The maximum Gasteiger partial charge on any atom is 0.495 e. The monoisotopic (exact) mass is 1150 g/mol. The van der Waals surface area contributed by atoms with Gasteiger partial charge in [0.1, 0.15) is 28.6 Å². The van der Waals surface area contributed by atoms with E-state index in [0.717, 1.165) is 139 Å². The van der Waals surface area contributed by atoms with Gasteiger partial charge in [-0.1, -0.05) is 182 Å². The molecule has 2 atom stereocenters. The number of hydrogen-bond donors (Lipinski definition) is 0. The van der Waals surface area contributed by atoms with Crippen molar-refractivity contribution < 1.29 is 28.1 Å². The van der Waals surface area contributed by atoms with E-state index in [4.69, 9.17) is 38.1 Å². The molecule has 428 valence electrons. The highest BCUT2D eigenvalue weighted by Gasteiger charge is 2.61. The summed E-state index contributed by atoms with van der Waals surface area (Å²) in [5, 5.41) is 4.49. The highest BCUT2D eigenvalue weighted by atomic mass is 16.7. The fraction of sp³-hybridized carbons (Fsp3) is 0.165. The topological polar surface area (TPSA) is 81.2 Å². The lowest BCUT2D eigenvalue weighted by atomic mass is 9.64. The number of pyridine rings is 2. The van der Waals surface area contributed by atoms with Crippen molar-refractivity contribution in [3.05, 3.63) is 287 Å². The summed E-state index contributed by atoms with van der Waals surface area (Å²) in [6.07, 6.45) is 7.86. The molecule has 0 N–H and O–H groups in total. The molecule has 10 heteroatoms. The van der Waals surface area contributed by atoms with Crippen molar-refractivity contribution in [2.45, 2.75) is 81.7 Å². The molecule has 2 aliphatic carbocycles. The second-order valence-electron chi connectivity index (χ2n) is 26.5. The third-order valence-corrected chi connectivity index (χ3v) is 21.2. The van der Waals surface area contributed by atoms with Crippen molar-refractivity contribution in [1.29, 1.82) is 0 Å². The Morgan fingerprint density at radius 3 is 1.21 bits per heavy atom. The molecule has 10 aromatic carbocycles. The Morgan fingerprint density at radius 1 is 0.303 bits per heavy atom. The zero-order chi connectivity index (χ0) is 60.0. The standard InChI is InChI=1S/C79H60B2N2O6/c1-74(2)75(3,4)87-80(86-74)51-33-38-64-58(41-51)56-40-48(60-46-83-44-50-20-9-11-22-54(50)60)32-36-62(56)79(64)67-25-14-17-30-72(67)85-73-68(26-18-27-69(73)79)77(7)76(5,6)88-81(89-77)52-34-37-63-57(42-52)55-39-47(59-45-82-43-49-19-8-10-21-53(49)59)31-35-61(55)78(63)65-23-12-15-28-70(65)84-71-29-16-13-24-66(71)78/h8-46H,1-7H3. The number of nitrogens with zero attached hydrogens (tertiary/aromatic N) is 2. The van der Waals surface area contributed by atoms with E-state index in [1.54, 1.807) is 0 Å². The molecule has 12 aromatic rings. The molecule has 6 heterocycles. The quantitative estimate of drug-likeness (QED) is 0.158. The minimum atomic E-state index is -1.04. The Labute approximate surface area is 518 Å². The van der Waals surface area contributed by atoms with Crippen molar-refractivity contribution >= 4 is 46.7 Å². The van der Waals surface area contributed by atoms with E-state index in [0.29, 0.717) is 0 Å². The van der Waals surface area contributed by atoms with Crippen LogP contribution in [0.5, 0.6) is 23.0 Å². The smallest absolute Gasteiger partial charge is 0.457 e. The Kier molecular flexibility index (Phi) is 10.9. The van der Waals surface area contributed by atoms with Gasteiger partial charge in [0.25, 0.3) is 0 Å². The van der Waals surface area contributed by atoms with E-state index < -0.39 is 47.5 Å². The molecule has 2 unspecified atom stereocenters. The summed E-state index contributed by atoms with van der Waals surface area (Å²) in [5.74, 6) is 3.21. The lowest BCUT2D eigenvalue weighted by Crippen LogP contribution is -2.43. The highest BCUT2D eigenvalue weighted by molar-refractivity contribution is 6.62. The molecule has 4 aliphatic heterocycles. The van der Waals surface area contributed by atoms with Gasteiger partial charge < -0.3 is 28.1 Å². The molecule has 2 saturated heterocycles. The van der Waals surface area contributed by atoms with Gasteiger partial charge in [-0.05, 0) is 156 Å². The first kappa shape index (κ1) is 52.7. The van der Waals surface area contributed by atoms with Gasteiger partial charge in [-0.15, -0.1) is 0 Å². The summed E-state index contributed by atoms with van der Waals surface area (Å²) < 4.78 is 42.8. The van der Waals surface area contributed by atoms with E-state index in [1.165, 1.54) is 11.1 Å².